The van der Waals surface area contributed by atoms with Crippen molar-refractivity contribution in [2.75, 3.05) is 26.8 Å². The topological polar surface area (TPSA) is 55.6 Å². The van der Waals surface area contributed by atoms with Gasteiger partial charge in [0.2, 0.25) is 5.91 Å². The smallest absolute Gasteiger partial charge is 0.223 e. The predicted molar refractivity (Wildman–Crippen MR) is 107 cm³/mol. The lowest BCUT2D eigenvalue weighted by Gasteiger charge is -2.29. The number of allylic oxidation sites excluding steroid dienone is 1. The number of methoxy groups -OCH3 is 1. The van der Waals surface area contributed by atoms with E-state index in [1.165, 1.54) is 0 Å². The van der Waals surface area contributed by atoms with Crippen molar-refractivity contribution in [3.8, 4) is 0 Å². The van der Waals surface area contributed by atoms with Gasteiger partial charge in [-0.2, -0.15) is 0 Å². The summed E-state index contributed by atoms with van der Waals surface area (Å²) in [5, 5.41) is 0. The standard InChI is InChI=1S/C13H25NO2.C3H6.C2H7N.C2H6/c1-5-13(2,3)9-12(15)14-8-6-7-11(14)10-16-4;1-3-2;1-2-3;1-2/h11H,5-10H2,1-4H3;3H,1H2,2H3;2-3H2,1H3;1-2H3. The van der Waals surface area contributed by atoms with Gasteiger partial charge in [-0.15, -0.1) is 6.58 Å². The Kier molecular flexibility index (Phi) is 21.5. The molecule has 1 fully saturated rings. The molecule has 0 aromatic carbocycles. The molecule has 0 spiro atoms. The molecule has 4 nitrogen and oxygen atoms in total. The van der Waals surface area contributed by atoms with Crippen LogP contribution in [0.25, 0.3) is 0 Å². The molecular weight excluding hydrogens is 300 g/mol. The summed E-state index contributed by atoms with van der Waals surface area (Å²) in [5.74, 6) is 0.298. The van der Waals surface area contributed by atoms with Crippen LogP contribution in [0.1, 0.15) is 74.1 Å². The fraction of sp³-hybridized carbons (Fsp3) is 0.850. The third-order valence-electron chi connectivity index (χ3n) is 3.64. The molecule has 1 rings (SSSR count). The molecule has 0 aromatic rings. The molecular formula is C20H44N2O2. The largest absolute Gasteiger partial charge is 0.383 e. The zero-order valence-electron chi connectivity index (χ0n) is 17.7. The molecule has 1 aliphatic rings. The van der Waals surface area contributed by atoms with Gasteiger partial charge in [0, 0.05) is 20.1 Å². The first-order chi connectivity index (χ1) is 11.3. The Bertz CT molecular complexity index is 291. The van der Waals surface area contributed by atoms with Crippen molar-refractivity contribution in [3.63, 3.8) is 0 Å². The lowest BCUT2D eigenvalue weighted by Crippen LogP contribution is -2.39. The van der Waals surface area contributed by atoms with Gasteiger partial charge in [-0.25, -0.2) is 0 Å². The molecule has 1 aliphatic heterocycles. The van der Waals surface area contributed by atoms with Gasteiger partial charge >= 0.3 is 0 Å². The Hall–Kier alpha value is -0.870. The molecule has 146 valence electrons. The highest BCUT2D eigenvalue weighted by Gasteiger charge is 2.31. The van der Waals surface area contributed by atoms with Gasteiger partial charge in [-0.05, 0) is 31.7 Å². The molecule has 24 heavy (non-hydrogen) atoms. The zero-order valence-corrected chi connectivity index (χ0v) is 17.7. The average Bonchev–Trinajstić information content (AvgIpc) is 2.99. The van der Waals surface area contributed by atoms with Gasteiger partial charge < -0.3 is 15.4 Å². The lowest BCUT2D eigenvalue weighted by molar-refractivity contribution is -0.135. The van der Waals surface area contributed by atoms with E-state index in [1.54, 1.807) is 13.2 Å². The monoisotopic (exact) mass is 344 g/mol. The molecule has 0 aliphatic carbocycles. The quantitative estimate of drug-likeness (QED) is 0.740. The van der Waals surface area contributed by atoms with E-state index in [-0.39, 0.29) is 5.41 Å². The summed E-state index contributed by atoms with van der Waals surface area (Å²) in [5.41, 5.74) is 4.97. The minimum atomic E-state index is 0.122. The summed E-state index contributed by atoms with van der Waals surface area (Å²) in [6, 6.07) is 0.310. The number of ether oxygens (including phenoxy) is 1. The predicted octanol–water partition coefficient (Wildman–Crippen LogP) is 4.63. The van der Waals surface area contributed by atoms with Crippen LogP contribution in [-0.2, 0) is 9.53 Å². The molecule has 0 bridgehead atoms. The molecule has 0 radical (unpaired) electrons. The highest BCUT2D eigenvalue weighted by atomic mass is 16.5. The number of nitrogens with zero attached hydrogens (tertiary/aromatic N) is 1. The van der Waals surface area contributed by atoms with Crippen LogP contribution in [0.15, 0.2) is 12.7 Å². The maximum absolute atomic E-state index is 12.2. The van der Waals surface area contributed by atoms with E-state index in [9.17, 15) is 4.79 Å². The first kappa shape index (κ1) is 28.0. The summed E-state index contributed by atoms with van der Waals surface area (Å²) in [7, 11) is 1.71. The first-order valence-electron chi connectivity index (χ1n) is 9.38. The van der Waals surface area contributed by atoms with Gasteiger partial charge in [-0.1, -0.05) is 54.0 Å². The Balaban J connectivity index is -0.000000470. The van der Waals surface area contributed by atoms with Gasteiger partial charge in [0.15, 0.2) is 0 Å². The third-order valence-corrected chi connectivity index (χ3v) is 3.64. The van der Waals surface area contributed by atoms with Crippen LogP contribution in [0.4, 0.5) is 0 Å². The van der Waals surface area contributed by atoms with Crippen LogP contribution < -0.4 is 5.73 Å². The van der Waals surface area contributed by atoms with Gasteiger partial charge in [0.1, 0.15) is 0 Å². The molecule has 2 N–H and O–H groups in total. The minimum absolute atomic E-state index is 0.122. The number of likely N-dealkylation sites (tertiary alicyclic amines) is 1. The van der Waals surface area contributed by atoms with Crippen LogP contribution in [0, 0.1) is 5.41 Å². The molecule has 1 atom stereocenters. The van der Waals surface area contributed by atoms with Crippen molar-refractivity contribution in [2.24, 2.45) is 11.1 Å². The molecule has 1 saturated heterocycles. The average molecular weight is 345 g/mol. The number of rotatable bonds is 5. The minimum Gasteiger partial charge on any atom is -0.383 e. The van der Waals surface area contributed by atoms with E-state index in [2.05, 4.69) is 27.4 Å². The van der Waals surface area contributed by atoms with E-state index in [0.29, 0.717) is 25.0 Å². The van der Waals surface area contributed by atoms with E-state index < -0.39 is 0 Å². The van der Waals surface area contributed by atoms with E-state index >= 15 is 0 Å². The number of hydrogen-bond donors (Lipinski definition) is 1. The number of amides is 1. The van der Waals surface area contributed by atoms with Crippen molar-refractivity contribution in [2.45, 2.75) is 80.2 Å². The van der Waals surface area contributed by atoms with Gasteiger partial charge in [0.25, 0.3) is 0 Å². The van der Waals surface area contributed by atoms with Crippen LogP contribution in [0.5, 0.6) is 0 Å². The van der Waals surface area contributed by atoms with Gasteiger partial charge in [-0.3, -0.25) is 4.79 Å². The van der Waals surface area contributed by atoms with Crippen LogP contribution in [0.3, 0.4) is 0 Å². The Morgan fingerprint density at radius 2 is 1.83 bits per heavy atom. The third kappa shape index (κ3) is 14.7. The molecule has 0 aromatic heterocycles. The second kappa shape index (κ2) is 18.5. The highest BCUT2D eigenvalue weighted by Crippen LogP contribution is 2.28. The second-order valence-electron chi connectivity index (χ2n) is 6.35. The second-order valence-corrected chi connectivity index (χ2v) is 6.35. The maximum atomic E-state index is 12.2. The van der Waals surface area contributed by atoms with Crippen molar-refractivity contribution < 1.29 is 9.53 Å². The zero-order chi connectivity index (χ0) is 19.6. The molecule has 0 saturated carbocycles. The summed E-state index contributed by atoms with van der Waals surface area (Å²) in [6.45, 7) is 20.0. The SMILES string of the molecule is C=CC.CC.CCC(C)(C)CC(=O)N1CCCC1COC.CCN. The highest BCUT2D eigenvalue weighted by molar-refractivity contribution is 5.77. The maximum Gasteiger partial charge on any atom is 0.223 e. The van der Waals surface area contributed by atoms with Crippen molar-refractivity contribution in [1.82, 2.24) is 4.90 Å². The Morgan fingerprint density at radius 3 is 2.21 bits per heavy atom. The molecule has 1 heterocycles. The Labute approximate surface area is 151 Å². The number of carbonyl (C=O) groups is 1. The fourth-order valence-corrected chi connectivity index (χ4v) is 2.17. The molecule has 1 amide bonds. The number of nitrogens with two attached hydrogens (primary N) is 1. The van der Waals surface area contributed by atoms with Crippen molar-refractivity contribution in [3.05, 3.63) is 12.7 Å². The van der Waals surface area contributed by atoms with Crippen LogP contribution in [0.2, 0.25) is 0 Å². The fourth-order valence-electron chi connectivity index (χ4n) is 2.17. The van der Waals surface area contributed by atoms with Crippen molar-refractivity contribution in [1.29, 1.82) is 0 Å². The van der Waals surface area contributed by atoms with E-state index in [0.717, 1.165) is 32.4 Å². The number of carbonyl (C=O) groups excluding carboxylic acids is 1. The van der Waals surface area contributed by atoms with E-state index in [4.69, 9.17) is 10.5 Å². The summed E-state index contributed by atoms with van der Waals surface area (Å²) in [4.78, 5) is 14.2. The van der Waals surface area contributed by atoms with Crippen LogP contribution >= 0.6 is 0 Å². The van der Waals surface area contributed by atoms with Crippen molar-refractivity contribution >= 4 is 5.91 Å². The summed E-state index contributed by atoms with van der Waals surface area (Å²) in [6.07, 6.45) is 5.66. The molecule has 4 heteroatoms. The number of hydrogen-bond acceptors (Lipinski definition) is 3. The van der Waals surface area contributed by atoms with Gasteiger partial charge in [0.05, 0.1) is 12.6 Å². The summed E-state index contributed by atoms with van der Waals surface area (Å²) < 4.78 is 5.17. The van der Waals surface area contributed by atoms with Crippen LogP contribution in [-0.4, -0.2) is 43.7 Å². The Morgan fingerprint density at radius 1 is 1.38 bits per heavy atom. The first-order valence-corrected chi connectivity index (χ1v) is 9.38. The lowest BCUT2D eigenvalue weighted by atomic mass is 9.86. The normalized spacial score (nSPS) is 15.9. The molecule has 1 unspecified atom stereocenters. The van der Waals surface area contributed by atoms with E-state index in [1.807, 2.05) is 32.6 Å². The summed E-state index contributed by atoms with van der Waals surface area (Å²) >= 11 is 0.